The quantitative estimate of drug-likeness (QED) is 0.633. The van der Waals surface area contributed by atoms with Crippen molar-refractivity contribution in [2.45, 2.75) is 47.0 Å². The summed E-state index contributed by atoms with van der Waals surface area (Å²) in [5, 5.41) is 0. The van der Waals surface area contributed by atoms with Crippen molar-refractivity contribution < 1.29 is 4.79 Å². The van der Waals surface area contributed by atoms with Crippen molar-refractivity contribution in [3.8, 4) is 0 Å². The van der Waals surface area contributed by atoms with Crippen LogP contribution in [-0.2, 0) is 4.79 Å². The number of nitrogens with zero attached hydrogens (tertiary/aromatic N) is 1. The lowest BCUT2D eigenvalue weighted by Crippen LogP contribution is -2.39. The average molecular weight is 197 g/mol. The van der Waals surface area contributed by atoms with Gasteiger partial charge >= 0.3 is 0 Å². The number of hydrogen-bond donors (Lipinski definition) is 0. The molecular weight excluding hydrogens is 174 g/mol. The lowest BCUT2D eigenvalue weighted by atomic mass is 9.77. The number of carbonyl (C=O) groups excluding carboxylic acids is 1. The van der Waals surface area contributed by atoms with Gasteiger partial charge in [0, 0.05) is 19.0 Å². The second kappa shape index (κ2) is 4.33. The molecule has 0 aliphatic carbocycles. The predicted molar refractivity (Wildman–Crippen MR) is 59.1 cm³/mol. The molecule has 1 heterocycles. The summed E-state index contributed by atoms with van der Waals surface area (Å²) in [6.07, 6.45) is 3.44. The van der Waals surface area contributed by atoms with E-state index in [0.717, 1.165) is 19.5 Å². The van der Waals surface area contributed by atoms with Crippen LogP contribution in [0.3, 0.4) is 0 Å². The van der Waals surface area contributed by atoms with E-state index in [1.807, 2.05) is 4.90 Å². The van der Waals surface area contributed by atoms with Gasteiger partial charge in [-0.25, -0.2) is 0 Å². The standard InChI is InChI=1S/C12H23NO/c1-5-13-9-7-6-8-10(11(13)14)12(2,3)4/h10H,5-9H2,1-4H3. The third kappa shape index (κ3) is 2.49. The molecule has 0 N–H and O–H groups in total. The average Bonchev–Trinajstić information content (AvgIpc) is 2.25. The first-order valence-electron chi connectivity index (χ1n) is 5.75. The van der Waals surface area contributed by atoms with Gasteiger partial charge in [-0.15, -0.1) is 0 Å². The fourth-order valence-corrected chi connectivity index (χ4v) is 2.22. The Kier molecular flexibility index (Phi) is 3.57. The lowest BCUT2D eigenvalue weighted by molar-refractivity contribution is -0.138. The fourth-order valence-electron chi connectivity index (χ4n) is 2.22. The summed E-state index contributed by atoms with van der Waals surface area (Å²) in [4.78, 5) is 14.2. The van der Waals surface area contributed by atoms with Gasteiger partial charge in [0.05, 0.1) is 0 Å². The maximum atomic E-state index is 12.1. The first-order chi connectivity index (χ1) is 6.46. The largest absolute Gasteiger partial charge is 0.343 e. The van der Waals surface area contributed by atoms with E-state index >= 15 is 0 Å². The Labute approximate surface area is 87.7 Å². The Hall–Kier alpha value is -0.530. The van der Waals surface area contributed by atoms with E-state index in [9.17, 15) is 4.79 Å². The van der Waals surface area contributed by atoms with E-state index < -0.39 is 0 Å². The highest BCUT2D eigenvalue weighted by Crippen LogP contribution is 2.33. The van der Waals surface area contributed by atoms with Crippen LogP contribution >= 0.6 is 0 Å². The Morgan fingerprint density at radius 2 is 2.00 bits per heavy atom. The van der Waals surface area contributed by atoms with E-state index in [2.05, 4.69) is 27.7 Å². The van der Waals surface area contributed by atoms with Gasteiger partial charge in [-0.1, -0.05) is 27.2 Å². The van der Waals surface area contributed by atoms with Crippen molar-refractivity contribution in [2.75, 3.05) is 13.1 Å². The summed E-state index contributed by atoms with van der Waals surface area (Å²) >= 11 is 0. The van der Waals surface area contributed by atoms with Crippen LogP contribution in [0.15, 0.2) is 0 Å². The summed E-state index contributed by atoms with van der Waals surface area (Å²) in [6, 6.07) is 0. The van der Waals surface area contributed by atoms with Gasteiger partial charge in [0.25, 0.3) is 0 Å². The summed E-state index contributed by atoms with van der Waals surface area (Å²) < 4.78 is 0. The van der Waals surface area contributed by atoms with Crippen LogP contribution in [0.4, 0.5) is 0 Å². The van der Waals surface area contributed by atoms with Crippen molar-refractivity contribution in [3.05, 3.63) is 0 Å². The van der Waals surface area contributed by atoms with Gasteiger partial charge in [-0.05, 0) is 25.2 Å². The molecule has 1 rings (SSSR count). The molecule has 1 aliphatic rings. The third-order valence-corrected chi connectivity index (χ3v) is 3.21. The Morgan fingerprint density at radius 3 is 2.50 bits per heavy atom. The van der Waals surface area contributed by atoms with Crippen LogP contribution in [-0.4, -0.2) is 23.9 Å². The minimum Gasteiger partial charge on any atom is -0.343 e. The van der Waals surface area contributed by atoms with Crippen molar-refractivity contribution in [1.29, 1.82) is 0 Å². The van der Waals surface area contributed by atoms with Gasteiger partial charge < -0.3 is 4.90 Å². The molecule has 1 fully saturated rings. The summed E-state index contributed by atoms with van der Waals surface area (Å²) in [7, 11) is 0. The van der Waals surface area contributed by atoms with Crippen LogP contribution in [0, 0.1) is 11.3 Å². The van der Waals surface area contributed by atoms with Crippen molar-refractivity contribution >= 4 is 5.91 Å². The molecular formula is C12H23NO. The van der Waals surface area contributed by atoms with Gasteiger partial charge in [-0.2, -0.15) is 0 Å². The maximum Gasteiger partial charge on any atom is 0.226 e. The maximum absolute atomic E-state index is 12.1. The van der Waals surface area contributed by atoms with Crippen molar-refractivity contribution in [3.63, 3.8) is 0 Å². The summed E-state index contributed by atoms with van der Waals surface area (Å²) in [5.41, 5.74) is 0.120. The second-order valence-electron chi connectivity index (χ2n) is 5.33. The molecule has 1 saturated heterocycles. The Bertz CT molecular complexity index is 205. The van der Waals surface area contributed by atoms with Crippen LogP contribution in [0.25, 0.3) is 0 Å². The fraction of sp³-hybridized carbons (Fsp3) is 0.917. The van der Waals surface area contributed by atoms with Gasteiger partial charge in [0.2, 0.25) is 5.91 Å². The molecule has 0 bridgehead atoms. The van der Waals surface area contributed by atoms with E-state index in [1.165, 1.54) is 12.8 Å². The molecule has 1 aliphatic heterocycles. The Morgan fingerprint density at radius 1 is 1.36 bits per heavy atom. The zero-order valence-corrected chi connectivity index (χ0v) is 9.97. The molecule has 1 atom stereocenters. The molecule has 0 aromatic carbocycles. The lowest BCUT2D eigenvalue weighted by Gasteiger charge is -2.31. The molecule has 82 valence electrons. The second-order valence-corrected chi connectivity index (χ2v) is 5.33. The number of hydrogen-bond acceptors (Lipinski definition) is 1. The monoisotopic (exact) mass is 197 g/mol. The first-order valence-corrected chi connectivity index (χ1v) is 5.75. The smallest absolute Gasteiger partial charge is 0.226 e. The molecule has 0 aromatic rings. The molecule has 2 heteroatoms. The molecule has 2 nitrogen and oxygen atoms in total. The molecule has 0 spiro atoms. The highest BCUT2D eigenvalue weighted by molar-refractivity contribution is 5.79. The van der Waals surface area contributed by atoms with Crippen molar-refractivity contribution in [1.82, 2.24) is 4.90 Å². The molecule has 0 aromatic heterocycles. The topological polar surface area (TPSA) is 20.3 Å². The first kappa shape index (κ1) is 11.5. The minimum absolute atomic E-state index is 0.120. The molecule has 0 radical (unpaired) electrons. The normalized spacial score (nSPS) is 25.0. The van der Waals surface area contributed by atoms with E-state index in [-0.39, 0.29) is 11.3 Å². The van der Waals surface area contributed by atoms with E-state index in [1.54, 1.807) is 0 Å². The third-order valence-electron chi connectivity index (χ3n) is 3.21. The van der Waals surface area contributed by atoms with E-state index in [4.69, 9.17) is 0 Å². The highest BCUT2D eigenvalue weighted by Gasteiger charge is 2.34. The van der Waals surface area contributed by atoms with Crippen molar-refractivity contribution in [2.24, 2.45) is 11.3 Å². The zero-order valence-electron chi connectivity index (χ0n) is 9.97. The van der Waals surface area contributed by atoms with Gasteiger partial charge in [0.1, 0.15) is 0 Å². The molecule has 1 amide bonds. The minimum atomic E-state index is 0.120. The predicted octanol–water partition coefficient (Wildman–Crippen LogP) is 2.68. The molecule has 1 unspecified atom stereocenters. The van der Waals surface area contributed by atoms with Crippen LogP contribution in [0.1, 0.15) is 47.0 Å². The summed E-state index contributed by atoms with van der Waals surface area (Å²) in [5.74, 6) is 0.599. The molecule has 0 saturated carbocycles. The van der Waals surface area contributed by atoms with Gasteiger partial charge in [-0.3, -0.25) is 4.79 Å². The highest BCUT2D eigenvalue weighted by atomic mass is 16.2. The number of carbonyl (C=O) groups is 1. The zero-order chi connectivity index (χ0) is 10.8. The number of rotatable bonds is 1. The summed E-state index contributed by atoms with van der Waals surface area (Å²) in [6.45, 7) is 10.4. The van der Waals surface area contributed by atoms with Crippen LogP contribution < -0.4 is 0 Å². The van der Waals surface area contributed by atoms with Crippen LogP contribution in [0.5, 0.6) is 0 Å². The number of amides is 1. The van der Waals surface area contributed by atoms with Crippen LogP contribution in [0.2, 0.25) is 0 Å². The van der Waals surface area contributed by atoms with Gasteiger partial charge in [0.15, 0.2) is 0 Å². The van der Waals surface area contributed by atoms with E-state index in [0.29, 0.717) is 5.91 Å². The Balaban J connectivity index is 2.78. The number of likely N-dealkylation sites (tertiary alicyclic amines) is 1. The molecule has 14 heavy (non-hydrogen) atoms. The SMILES string of the molecule is CCN1CCCCC(C(C)(C)C)C1=O.